The summed E-state index contributed by atoms with van der Waals surface area (Å²) in [7, 11) is 0. The molecular weight excluding hydrogens is 372 g/mol. The van der Waals surface area contributed by atoms with Crippen LogP contribution in [0.25, 0.3) is 0 Å². The normalized spacial score (nSPS) is 25.1. The summed E-state index contributed by atoms with van der Waals surface area (Å²) in [6.07, 6.45) is 6.58. The van der Waals surface area contributed by atoms with Crippen molar-refractivity contribution in [2.24, 2.45) is 0 Å². The average Bonchev–Trinajstić information content (AvgIpc) is 3.28. The number of rotatable bonds is 5. The Balaban J connectivity index is 1.48. The highest BCUT2D eigenvalue weighted by Gasteiger charge is 2.39. The van der Waals surface area contributed by atoms with Crippen LogP contribution in [0.5, 0.6) is 0 Å². The summed E-state index contributed by atoms with van der Waals surface area (Å²) >= 11 is 0. The van der Waals surface area contributed by atoms with E-state index < -0.39 is 5.63 Å². The lowest BCUT2D eigenvalue weighted by Crippen LogP contribution is -2.59. The molecule has 0 spiro atoms. The van der Waals surface area contributed by atoms with Crippen LogP contribution >= 0.6 is 0 Å². The minimum Gasteiger partial charge on any atom is -0.427 e. The molecule has 7 heteroatoms. The van der Waals surface area contributed by atoms with Crippen LogP contribution in [-0.2, 0) is 9.47 Å². The zero-order chi connectivity index (χ0) is 20.3. The highest BCUT2D eigenvalue weighted by atomic mass is 16.5. The highest BCUT2D eigenvalue weighted by molar-refractivity contribution is 5.95. The van der Waals surface area contributed by atoms with E-state index in [9.17, 15) is 9.59 Å². The molecule has 0 bridgehead atoms. The zero-order valence-corrected chi connectivity index (χ0v) is 17.3. The Morgan fingerprint density at radius 1 is 1.17 bits per heavy atom. The highest BCUT2D eigenvalue weighted by Crippen LogP contribution is 2.34. The molecule has 0 radical (unpaired) electrons. The maximum atomic E-state index is 12.9. The number of nitrogens with zero attached hydrogens (tertiary/aromatic N) is 1. The van der Waals surface area contributed by atoms with Crippen LogP contribution in [0.15, 0.2) is 15.3 Å². The van der Waals surface area contributed by atoms with Crippen molar-refractivity contribution in [3.05, 3.63) is 33.4 Å². The number of hydrogen-bond acceptors (Lipinski definition) is 6. The first kappa shape index (κ1) is 20.6. The fourth-order valence-corrected chi connectivity index (χ4v) is 5.05. The molecule has 7 nitrogen and oxygen atoms in total. The molecule has 1 aliphatic carbocycles. The summed E-state index contributed by atoms with van der Waals surface area (Å²) in [6, 6.07) is 1.83. The first-order chi connectivity index (χ1) is 14.1. The standard InChI is InChI=1S/C22H32N2O5/c1-16-13-18(17-5-10-28-14-17)29-21(26)19(16)20(25)23-15-22(6-3-2-4-7-22)24-8-11-27-12-9-24/h13,17H,2-12,14-15H2,1H3,(H,23,25). The van der Waals surface area contributed by atoms with Gasteiger partial charge in [0.25, 0.3) is 5.91 Å². The lowest BCUT2D eigenvalue weighted by atomic mass is 9.79. The lowest BCUT2D eigenvalue weighted by Gasteiger charge is -2.48. The third-order valence-corrected chi connectivity index (χ3v) is 6.77. The molecule has 1 amide bonds. The van der Waals surface area contributed by atoms with E-state index in [1.807, 2.05) is 13.0 Å². The Morgan fingerprint density at radius 3 is 2.59 bits per heavy atom. The monoisotopic (exact) mass is 404 g/mol. The minimum absolute atomic E-state index is 0.0348. The Labute approximate surface area is 171 Å². The van der Waals surface area contributed by atoms with Crippen molar-refractivity contribution >= 4 is 5.91 Å². The Hall–Kier alpha value is -1.70. The molecule has 4 rings (SSSR count). The molecule has 1 aromatic rings. The maximum Gasteiger partial charge on any atom is 0.349 e. The van der Waals surface area contributed by atoms with Crippen LogP contribution in [0.1, 0.15) is 66.1 Å². The Kier molecular flexibility index (Phi) is 6.37. The number of amides is 1. The number of nitrogens with one attached hydrogen (secondary N) is 1. The first-order valence-corrected chi connectivity index (χ1v) is 10.9. The van der Waals surface area contributed by atoms with Gasteiger partial charge in [-0.25, -0.2) is 4.79 Å². The molecule has 160 valence electrons. The van der Waals surface area contributed by atoms with E-state index in [0.29, 0.717) is 31.1 Å². The van der Waals surface area contributed by atoms with Gasteiger partial charge in [-0.1, -0.05) is 19.3 Å². The molecule has 1 saturated carbocycles. The van der Waals surface area contributed by atoms with Gasteiger partial charge in [-0.2, -0.15) is 0 Å². The number of carbonyl (C=O) groups excluding carboxylic acids is 1. The van der Waals surface area contributed by atoms with Crippen molar-refractivity contribution in [1.29, 1.82) is 0 Å². The van der Waals surface area contributed by atoms with Crippen molar-refractivity contribution in [2.75, 3.05) is 46.1 Å². The molecule has 3 aliphatic rings. The predicted molar refractivity (Wildman–Crippen MR) is 108 cm³/mol. The van der Waals surface area contributed by atoms with Gasteiger partial charge in [-0.3, -0.25) is 9.69 Å². The summed E-state index contributed by atoms with van der Waals surface area (Å²) < 4.78 is 16.4. The molecule has 2 saturated heterocycles. The molecule has 1 aromatic heterocycles. The van der Waals surface area contributed by atoms with Crippen LogP contribution in [0.2, 0.25) is 0 Å². The topological polar surface area (TPSA) is 81.0 Å². The largest absolute Gasteiger partial charge is 0.427 e. The van der Waals surface area contributed by atoms with E-state index in [0.717, 1.165) is 45.6 Å². The van der Waals surface area contributed by atoms with E-state index in [1.54, 1.807) is 0 Å². The summed E-state index contributed by atoms with van der Waals surface area (Å²) in [5.74, 6) is 0.396. The molecule has 3 fully saturated rings. The second kappa shape index (κ2) is 8.98. The number of hydrogen-bond donors (Lipinski definition) is 1. The molecule has 1 N–H and O–H groups in total. The number of aryl methyl sites for hydroxylation is 1. The van der Waals surface area contributed by atoms with Gasteiger partial charge in [-0.15, -0.1) is 0 Å². The van der Waals surface area contributed by atoms with Crippen molar-refractivity contribution in [3.63, 3.8) is 0 Å². The average molecular weight is 405 g/mol. The van der Waals surface area contributed by atoms with Gasteiger partial charge in [0.05, 0.1) is 19.8 Å². The van der Waals surface area contributed by atoms with Crippen molar-refractivity contribution in [2.45, 2.75) is 56.9 Å². The van der Waals surface area contributed by atoms with Crippen LogP contribution < -0.4 is 10.9 Å². The quantitative estimate of drug-likeness (QED) is 0.811. The van der Waals surface area contributed by atoms with E-state index >= 15 is 0 Å². The van der Waals surface area contributed by atoms with Crippen molar-refractivity contribution in [1.82, 2.24) is 10.2 Å². The van der Waals surface area contributed by atoms with Crippen LogP contribution in [0.4, 0.5) is 0 Å². The number of ether oxygens (including phenoxy) is 2. The van der Waals surface area contributed by atoms with Gasteiger partial charge in [0, 0.05) is 37.7 Å². The van der Waals surface area contributed by atoms with E-state index in [4.69, 9.17) is 13.9 Å². The lowest BCUT2D eigenvalue weighted by molar-refractivity contribution is -0.0361. The summed E-state index contributed by atoms with van der Waals surface area (Å²) in [6.45, 7) is 6.89. The van der Waals surface area contributed by atoms with E-state index in [1.165, 1.54) is 19.3 Å². The predicted octanol–water partition coefficient (Wildman–Crippen LogP) is 2.22. The van der Waals surface area contributed by atoms with Crippen LogP contribution in [0, 0.1) is 6.92 Å². The van der Waals surface area contributed by atoms with Gasteiger partial charge in [0.1, 0.15) is 11.3 Å². The second-order valence-corrected chi connectivity index (χ2v) is 8.62. The van der Waals surface area contributed by atoms with E-state index in [-0.39, 0.29) is 22.9 Å². The van der Waals surface area contributed by atoms with Gasteiger partial charge >= 0.3 is 5.63 Å². The van der Waals surface area contributed by atoms with Crippen LogP contribution in [0.3, 0.4) is 0 Å². The molecule has 1 unspecified atom stereocenters. The molecular formula is C22H32N2O5. The summed E-state index contributed by atoms with van der Waals surface area (Å²) in [5.41, 5.74) is 0.214. The molecule has 3 heterocycles. The van der Waals surface area contributed by atoms with Gasteiger partial charge in [0.2, 0.25) is 0 Å². The molecule has 29 heavy (non-hydrogen) atoms. The SMILES string of the molecule is Cc1cc(C2CCOC2)oc(=O)c1C(=O)NCC1(N2CCOCC2)CCCCC1. The van der Waals surface area contributed by atoms with E-state index in [2.05, 4.69) is 10.2 Å². The smallest absolute Gasteiger partial charge is 0.349 e. The maximum absolute atomic E-state index is 12.9. The Bertz CT molecular complexity index is 772. The summed E-state index contributed by atoms with van der Waals surface area (Å²) in [5, 5.41) is 3.07. The molecule has 0 aromatic carbocycles. The van der Waals surface area contributed by atoms with Crippen LogP contribution in [-0.4, -0.2) is 62.4 Å². The fourth-order valence-electron chi connectivity index (χ4n) is 5.05. The zero-order valence-electron chi connectivity index (χ0n) is 17.3. The van der Waals surface area contributed by atoms with Crippen molar-refractivity contribution < 1.29 is 18.7 Å². The fraction of sp³-hybridized carbons (Fsp3) is 0.727. The van der Waals surface area contributed by atoms with Gasteiger partial charge < -0.3 is 19.2 Å². The van der Waals surface area contributed by atoms with Gasteiger partial charge in [0.15, 0.2) is 0 Å². The number of morpholine rings is 1. The molecule has 1 atom stereocenters. The summed E-state index contributed by atoms with van der Waals surface area (Å²) in [4.78, 5) is 28.0. The molecule has 2 aliphatic heterocycles. The second-order valence-electron chi connectivity index (χ2n) is 8.62. The first-order valence-electron chi connectivity index (χ1n) is 10.9. The van der Waals surface area contributed by atoms with Gasteiger partial charge in [-0.05, 0) is 37.8 Å². The number of carbonyl (C=O) groups is 1. The Morgan fingerprint density at radius 2 is 1.93 bits per heavy atom. The third kappa shape index (κ3) is 4.42. The van der Waals surface area contributed by atoms with Crippen molar-refractivity contribution in [3.8, 4) is 0 Å². The minimum atomic E-state index is -0.548. The third-order valence-electron chi connectivity index (χ3n) is 6.77.